The summed E-state index contributed by atoms with van der Waals surface area (Å²) in [6.07, 6.45) is 1.69. The minimum atomic E-state index is 0.437. The molecule has 0 saturated carbocycles. The van der Waals surface area contributed by atoms with Crippen LogP contribution < -0.4 is 10.6 Å². The molecule has 0 aliphatic carbocycles. The highest BCUT2D eigenvalue weighted by atomic mass is 79.9. The Balaban J connectivity index is 3.04. The van der Waals surface area contributed by atoms with Gasteiger partial charge in [-0.2, -0.15) is 0 Å². The Morgan fingerprint density at radius 2 is 2.21 bits per heavy atom. The van der Waals surface area contributed by atoms with Crippen LogP contribution >= 0.6 is 15.9 Å². The molecular formula is C10H16BrN3. The van der Waals surface area contributed by atoms with Crippen LogP contribution in [0.1, 0.15) is 20.8 Å². The highest BCUT2D eigenvalue weighted by molar-refractivity contribution is 9.10. The van der Waals surface area contributed by atoms with Crippen molar-refractivity contribution in [3.8, 4) is 0 Å². The van der Waals surface area contributed by atoms with E-state index in [-0.39, 0.29) is 0 Å². The van der Waals surface area contributed by atoms with E-state index in [0.29, 0.717) is 11.7 Å². The first-order chi connectivity index (χ1) is 6.56. The lowest BCUT2D eigenvalue weighted by Gasteiger charge is -2.27. The number of rotatable bonds is 3. The number of nitrogens with zero attached hydrogens (tertiary/aromatic N) is 2. The maximum atomic E-state index is 5.63. The van der Waals surface area contributed by atoms with Crippen molar-refractivity contribution in [3.05, 3.63) is 16.7 Å². The van der Waals surface area contributed by atoms with Crippen LogP contribution in [0.15, 0.2) is 16.7 Å². The monoisotopic (exact) mass is 257 g/mol. The summed E-state index contributed by atoms with van der Waals surface area (Å²) in [6.45, 7) is 7.35. The highest BCUT2D eigenvalue weighted by Crippen LogP contribution is 2.26. The molecule has 0 atom stereocenters. The number of halogens is 1. The van der Waals surface area contributed by atoms with E-state index in [0.717, 1.165) is 16.8 Å². The molecule has 0 aromatic carbocycles. The second kappa shape index (κ2) is 4.64. The van der Waals surface area contributed by atoms with Crippen LogP contribution in [-0.4, -0.2) is 17.6 Å². The van der Waals surface area contributed by atoms with Gasteiger partial charge in [0.2, 0.25) is 0 Å². The van der Waals surface area contributed by atoms with Crippen molar-refractivity contribution in [1.29, 1.82) is 0 Å². The standard InChI is InChI=1S/C10H16BrN3/c1-4-14(7(2)3)10-9(11)5-8(12)6-13-10/h5-7H,4,12H2,1-3H3. The number of anilines is 2. The third kappa shape index (κ3) is 2.38. The normalized spacial score (nSPS) is 10.6. The molecule has 0 bridgehead atoms. The van der Waals surface area contributed by atoms with Crippen molar-refractivity contribution < 1.29 is 0 Å². The zero-order valence-electron chi connectivity index (χ0n) is 8.79. The van der Waals surface area contributed by atoms with Crippen LogP contribution in [0.2, 0.25) is 0 Å². The van der Waals surface area contributed by atoms with Gasteiger partial charge < -0.3 is 10.6 Å². The van der Waals surface area contributed by atoms with Gasteiger partial charge in [-0.05, 0) is 42.8 Å². The van der Waals surface area contributed by atoms with Crippen LogP contribution in [0, 0.1) is 0 Å². The van der Waals surface area contributed by atoms with E-state index in [1.807, 2.05) is 6.07 Å². The second-order valence-corrected chi connectivity index (χ2v) is 4.31. The molecule has 0 aliphatic heterocycles. The van der Waals surface area contributed by atoms with E-state index in [1.54, 1.807) is 6.20 Å². The summed E-state index contributed by atoms with van der Waals surface area (Å²) >= 11 is 3.47. The number of hydrogen-bond donors (Lipinski definition) is 1. The Morgan fingerprint density at radius 3 is 2.64 bits per heavy atom. The van der Waals surface area contributed by atoms with Crippen molar-refractivity contribution in [2.45, 2.75) is 26.8 Å². The third-order valence-electron chi connectivity index (χ3n) is 2.08. The summed E-state index contributed by atoms with van der Waals surface area (Å²) < 4.78 is 0.952. The maximum Gasteiger partial charge on any atom is 0.143 e. The SMILES string of the molecule is CCN(c1ncc(N)cc1Br)C(C)C. The zero-order chi connectivity index (χ0) is 10.7. The van der Waals surface area contributed by atoms with E-state index < -0.39 is 0 Å². The van der Waals surface area contributed by atoms with Gasteiger partial charge >= 0.3 is 0 Å². The van der Waals surface area contributed by atoms with Crippen molar-refractivity contribution in [3.63, 3.8) is 0 Å². The molecule has 1 heterocycles. The summed E-state index contributed by atoms with van der Waals surface area (Å²) in [5.74, 6) is 0.955. The number of pyridine rings is 1. The molecule has 78 valence electrons. The zero-order valence-corrected chi connectivity index (χ0v) is 10.4. The third-order valence-corrected chi connectivity index (χ3v) is 2.66. The predicted octanol–water partition coefficient (Wildman–Crippen LogP) is 2.66. The van der Waals surface area contributed by atoms with Crippen LogP contribution in [-0.2, 0) is 0 Å². The molecule has 0 amide bonds. The van der Waals surface area contributed by atoms with Gasteiger partial charge in [0.05, 0.1) is 16.4 Å². The molecule has 1 aromatic rings. The lowest BCUT2D eigenvalue weighted by atomic mass is 10.3. The van der Waals surface area contributed by atoms with Crippen molar-refractivity contribution in [1.82, 2.24) is 4.98 Å². The van der Waals surface area contributed by atoms with Gasteiger partial charge in [0, 0.05) is 12.6 Å². The van der Waals surface area contributed by atoms with Crippen LogP contribution in [0.3, 0.4) is 0 Å². The molecule has 4 heteroatoms. The molecule has 3 nitrogen and oxygen atoms in total. The topological polar surface area (TPSA) is 42.2 Å². The summed E-state index contributed by atoms with van der Waals surface area (Å²) in [7, 11) is 0. The van der Waals surface area contributed by atoms with Gasteiger partial charge in [-0.3, -0.25) is 0 Å². The van der Waals surface area contributed by atoms with Crippen LogP contribution in [0.5, 0.6) is 0 Å². The summed E-state index contributed by atoms with van der Waals surface area (Å²) in [6, 6.07) is 2.32. The van der Waals surface area contributed by atoms with E-state index in [4.69, 9.17) is 5.73 Å². The lowest BCUT2D eigenvalue weighted by Crippen LogP contribution is -2.31. The van der Waals surface area contributed by atoms with Crippen molar-refractivity contribution in [2.24, 2.45) is 0 Å². The minimum absolute atomic E-state index is 0.437. The molecule has 0 unspecified atom stereocenters. The first-order valence-electron chi connectivity index (χ1n) is 4.74. The number of nitrogen functional groups attached to an aromatic ring is 1. The van der Waals surface area contributed by atoms with E-state index >= 15 is 0 Å². The molecule has 14 heavy (non-hydrogen) atoms. The molecule has 1 rings (SSSR count). The average molecular weight is 258 g/mol. The molecule has 2 N–H and O–H groups in total. The van der Waals surface area contributed by atoms with E-state index in [2.05, 4.69) is 46.6 Å². The smallest absolute Gasteiger partial charge is 0.143 e. The first kappa shape index (κ1) is 11.3. The Labute approximate surface area is 93.4 Å². The summed E-state index contributed by atoms with van der Waals surface area (Å²) in [5, 5.41) is 0. The molecule has 0 radical (unpaired) electrons. The fourth-order valence-electron chi connectivity index (χ4n) is 1.42. The van der Waals surface area contributed by atoms with Gasteiger partial charge in [-0.1, -0.05) is 0 Å². The number of nitrogens with two attached hydrogens (primary N) is 1. The molecule has 0 saturated heterocycles. The summed E-state index contributed by atoms with van der Waals surface area (Å²) in [4.78, 5) is 6.54. The lowest BCUT2D eigenvalue weighted by molar-refractivity contribution is 0.692. The van der Waals surface area contributed by atoms with Crippen LogP contribution in [0.4, 0.5) is 11.5 Å². The first-order valence-corrected chi connectivity index (χ1v) is 5.53. The quantitative estimate of drug-likeness (QED) is 0.906. The van der Waals surface area contributed by atoms with Crippen molar-refractivity contribution >= 4 is 27.4 Å². The fraction of sp³-hybridized carbons (Fsp3) is 0.500. The summed E-state index contributed by atoms with van der Waals surface area (Å²) in [5.41, 5.74) is 6.32. The Bertz CT molecular complexity index is 312. The minimum Gasteiger partial charge on any atom is -0.397 e. The molecule has 0 aliphatic rings. The van der Waals surface area contributed by atoms with E-state index in [1.165, 1.54) is 0 Å². The molecule has 0 fully saturated rings. The fourth-order valence-corrected chi connectivity index (χ4v) is 2.01. The Morgan fingerprint density at radius 1 is 1.57 bits per heavy atom. The maximum absolute atomic E-state index is 5.63. The van der Waals surface area contributed by atoms with Gasteiger partial charge in [0.25, 0.3) is 0 Å². The van der Waals surface area contributed by atoms with Crippen LogP contribution in [0.25, 0.3) is 0 Å². The van der Waals surface area contributed by atoms with Gasteiger partial charge in [-0.15, -0.1) is 0 Å². The largest absolute Gasteiger partial charge is 0.397 e. The Kier molecular flexibility index (Phi) is 3.75. The predicted molar refractivity (Wildman–Crippen MR) is 64.5 cm³/mol. The average Bonchev–Trinajstić information content (AvgIpc) is 2.09. The number of hydrogen-bond acceptors (Lipinski definition) is 3. The van der Waals surface area contributed by atoms with Gasteiger partial charge in [0.1, 0.15) is 5.82 Å². The molecular weight excluding hydrogens is 242 g/mol. The van der Waals surface area contributed by atoms with Crippen molar-refractivity contribution in [2.75, 3.05) is 17.2 Å². The molecule has 0 spiro atoms. The highest BCUT2D eigenvalue weighted by Gasteiger charge is 2.12. The number of aromatic nitrogens is 1. The van der Waals surface area contributed by atoms with Gasteiger partial charge in [0.15, 0.2) is 0 Å². The molecule has 1 aromatic heterocycles. The van der Waals surface area contributed by atoms with Gasteiger partial charge in [-0.25, -0.2) is 4.98 Å². The van der Waals surface area contributed by atoms with E-state index in [9.17, 15) is 0 Å². The second-order valence-electron chi connectivity index (χ2n) is 3.45. The Hall–Kier alpha value is -0.770.